The van der Waals surface area contributed by atoms with Gasteiger partial charge in [-0.1, -0.05) is 35.5 Å². The minimum Gasteiger partial charge on any atom is -0.455 e. The maximum atomic E-state index is 11.6. The molecule has 24 heavy (non-hydrogen) atoms. The first kappa shape index (κ1) is 18.3. The Morgan fingerprint density at radius 2 is 1.96 bits per heavy atom. The Morgan fingerprint density at radius 1 is 1.25 bits per heavy atom. The first-order valence-electron chi connectivity index (χ1n) is 7.09. The molecule has 1 aromatic carbocycles. The fourth-order valence-corrected chi connectivity index (χ4v) is 2.80. The van der Waals surface area contributed by atoms with Crippen molar-refractivity contribution in [2.75, 3.05) is 25.4 Å². The van der Waals surface area contributed by atoms with Crippen LogP contribution in [0.4, 0.5) is 4.79 Å². The molecule has 0 spiro atoms. The molecule has 1 fully saturated rings. The molecule has 0 aliphatic carbocycles. The van der Waals surface area contributed by atoms with Crippen molar-refractivity contribution in [1.29, 1.82) is 0 Å². The molecule has 128 valence electrons. The third-order valence-corrected chi connectivity index (χ3v) is 4.23. The maximum Gasteiger partial charge on any atom is 0.310 e. The fraction of sp³-hybridized carbons (Fsp3) is 0.333. The topological polar surface area (TPSA) is 92.8 Å². The van der Waals surface area contributed by atoms with E-state index in [1.807, 2.05) is 0 Å². The fourth-order valence-electron chi connectivity index (χ4n) is 1.92. The number of hydrogen-bond donors (Lipinski definition) is 1. The molecule has 9 heteroatoms. The molecular formula is C15H15ClN2O5S. The number of rotatable bonds is 7. The summed E-state index contributed by atoms with van der Waals surface area (Å²) in [5.74, 6) is -1.16. The zero-order chi connectivity index (χ0) is 17.5. The van der Waals surface area contributed by atoms with E-state index in [-0.39, 0.29) is 36.4 Å². The normalized spacial score (nSPS) is 14.0. The highest BCUT2D eigenvalue weighted by Crippen LogP contribution is 2.17. The summed E-state index contributed by atoms with van der Waals surface area (Å²) < 4.78 is 4.87. The van der Waals surface area contributed by atoms with Gasteiger partial charge in [0.2, 0.25) is 5.91 Å². The van der Waals surface area contributed by atoms with E-state index in [1.54, 1.807) is 24.3 Å². The molecule has 3 amide bonds. The maximum absolute atomic E-state index is 11.6. The van der Waals surface area contributed by atoms with E-state index >= 15 is 0 Å². The highest BCUT2D eigenvalue weighted by Gasteiger charge is 2.29. The van der Waals surface area contributed by atoms with Gasteiger partial charge in [-0.3, -0.25) is 24.1 Å². The van der Waals surface area contributed by atoms with Crippen molar-refractivity contribution >= 4 is 46.4 Å². The predicted molar refractivity (Wildman–Crippen MR) is 88.7 cm³/mol. The van der Waals surface area contributed by atoms with E-state index in [9.17, 15) is 19.2 Å². The minimum absolute atomic E-state index is 0.0401. The monoisotopic (exact) mass is 370 g/mol. The number of hydrogen-bond acceptors (Lipinski definition) is 6. The van der Waals surface area contributed by atoms with Gasteiger partial charge in [0.05, 0.1) is 12.2 Å². The van der Waals surface area contributed by atoms with E-state index in [0.717, 1.165) is 22.2 Å². The van der Waals surface area contributed by atoms with Gasteiger partial charge in [-0.2, -0.15) is 0 Å². The zero-order valence-corrected chi connectivity index (χ0v) is 14.2. The van der Waals surface area contributed by atoms with Crippen LogP contribution in [0.2, 0.25) is 5.02 Å². The van der Waals surface area contributed by atoms with E-state index in [1.165, 1.54) is 0 Å². The lowest BCUT2D eigenvalue weighted by Gasteiger charge is -2.13. The molecule has 0 unspecified atom stereocenters. The number of benzene rings is 1. The largest absolute Gasteiger partial charge is 0.455 e. The lowest BCUT2D eigenvalue weighted by atomic mass is 10.1. The van der Waals surface area contributed by atoms with Crippen LogP contribution in [0, 0.1) is 0 Å². The summed E-state index contributed by atoms with van der Waals surface area (Å²) in [6, 6.07) is 6.73. The Morgan fingerprint density at radius 3 is 2.58 bits per heavy atom. The van der Waals surface area contributed by atoms with Crippen molar-refractivity contribution in [2.24, 2.45) is 0 Å². The number of thioether (sulfide) groups is 1. The molecule has 1 heterocycles. The Kier molecular flexibility index (Phi) is 6.62. The third-order valence-electron chi connectivity index (χ3n) is 3.12. The molecule has 0 atom stereocenters. The number of halogens is 1. The molecule has 1 aromatic rings. The van der Waals surface area contributed by atoms with Crippen LogP contribution in [0.15, 0.2) is 24.3 Å². The zero-order valence-electron chi connectivity index (χ0n) is 12.6. The van der Waals surface area contributed by atoms with Crippen LogP contribution in [-0.2, 0) is 25.5 Å². The van der Waals surface area contributed by atoms with Crippen LogP contribution in [0.5, 0.6) is 0 Å². The molecule has 7 nitrogen and oxygen atoms in total. The first-order chi connectivity index (χ1) is 11.5. The van der Waals surface area contributed by atoms with Gasteiger partial charge in [-0.25, -0.2) is 0 Å². The van der Waals surface area contributed by atoms with Crippen molar-refractivity contribution in [3.05, 3.63) is 34.9 Å². The number of nitrogens with one attached hydrogen (secondary N) is 1. The Labute approximate surface area is 147 Å². The summed E-state index contributed by atoms with van der Waals surface area (Å²) in [5.41, 5.74) is 0.730. The van der Waals surface area contributed by atoms with Gasteiger partial charge in [0.15, 0.2) is 6.61 Å². The van der Waals surface area contributed by atoms with Crippen LogP contribution in [0.3, 0.4) is 0 Å². The van der Waals surface area contributed by atoms with Crippen LogP contribution in [0.1, 0.15) is 5.56 Å². The second kappa shape index (κ2) is 8.70. The number of ether oxygens (including phenoxy) is 1. The van der Waals surface area contributed by atoms with Crippen molar-refractivity contribution < 1.29 is 23.9 Å². The lowest BCUT2D eigenvalue weighted by Crippen LogP contribution is -2.38. The molecule has 1 aliphatic heterocycles. The third kappa shape index (κ3) is 5.54. The van der Waals surface area contributed by atoms with Crippen molar-refractivity contribution in [3.8, 4) is 0 Å². The van der Waals surface area contributed by atoms with Crippen LogP contribution in [0.25, 0.3) is 0 Å². The van der Waals surface area contributed by atoms with Crippen LogP contribution < -0.4 is 5.32 Å². The summed E-state index contributed by atoms with van der Waals surface area (Å²) in [6.07, 6.45) is 0.0401. The molecular weight excluding hydrogens is 356 g/mol. The van der Waals surface area contributed by atoms with Gasteiger partial charge in [0.1, 0.15) is 0 Å². The number of esters is 1. The number of nitrogens with zero attached hydrogens (tertiary/aromatic N) is 1. The Bertz CT molecular complexity index is 634. The molecule has 0 saturated carbocycles. The standard InChI is InChI=1S/C15H15ClN2O5S/c16-11-3-1-10(2-4-11)7-14(21)23-8-12(19)17-5-6-18-13(20)9-24-15(18)22/h1-4H,5-9H2,(H,17,19). The van der Waals surface area contributed by atoms with Gasteiger partial charge in [0, 0.05) is 18.1 Å². The highest BCUT2D eigenvalue weighted by molar-refractivity contribution is 8.14. The number of carbonyl (C=O) groups is 4. The van der Waals surface area contributed by atoms with Gasteiger partial charge in [-0.15, -0.1) is 0 Å². The summed E-state index contributed by atoms with van der Waals surface area (Å²) in [6.45, 7) is -0.191. The van der Waals surface area contributed by atoms with Gasteiger partial charge < -0.3 is 10.1 Å². The van der Waals surface area contributed by atoms with Gasteiger partial charge >= 0.3 is 5.97 Å². The summed E-state index contributed by atoms with van der Waals surface area (Å²) in [7, 11) is 0. The predicted octanol–water partition coefficient (Wildman–Crippen LogP) is 1.24. The molecule has 0 bridgehead atoms. The van der Waals surface area contributed by atoms with Crippen LogP contribution in [-0.4, -0.2) is 53.4 Å². The van der Waals surface area contributed by atoms with E-state index in [4.69, 9.17) is 16.3 Å². The van der Waals surface area contributed by atoms with E-state index in [0.29, 0.717) is 5.02 Å². The first-order valence-corrected chi connectivity index (χ1v) is 8.46. The molecule has 1 aliphatic rings. The summed E-state index contributed by atoms with van der Waals surface area (Å²) in [5, 5.41) is 2.74. The molecule has 1 N–H and O–H groups in total. The van der Waals surface area contributed by atoms with Crippen LogP contribution >= 0.6 is 23.4 Å². The molecule has 2 rings (SSSR count). The van der Waals surface area contributed by atoms with E-state index in [2.05, 4.69) is 5.32 Å². The second-order valence-corrected chi connectivity index (χ2v) is 6.28. The Balaban J connectivity index is 1.63. The number of carbonyl (C=O) groups excluding carboxylic acids is 4. The van der Waals surface area contributed by atoms with E-state index < -0.39 is 18.5 Å². The van der Waals surface area contributed by atoms with Crippen molar-refractivity contribution in [3.63, 3.8) is 0 Å². The lowest BCUT2D eigenvalue weighted by molar-refractivity contribution is -0.147. The number of amides is 3. The SMILES string of the molecule is O=C(COC(=O)Cc1ccc(Cl)cc1)NCCN1C(=O)CSC1=O. The summed E-state index contributed by atoms with van der Waals surface area (Å²) in [4.78, 5) is 47.0. The molecule has 1 saturated heterocycles. The van der Waals surface area contributed by atoms with Crippen molar-refractivity contribution in [1.82, 2.24) is 10.2 Å². The highest BCUT2D eigenvalue weighted by atomic mass is 35.5. The average Bonchev–Trinajstić information content (AvgIpc) is 2.87. The average molecular weight is 371 g/mol. The van der Waals surface area contributed by atoms with Gasteiger partial charge in [0.25, 0.3) is 11.1 Å². The molecule has 0 aromatic heterocycles. The summed E-state index contributed by atoms with van der Waals surface area (Å²) >= 11 is 6.68. The quantitative estimate of drug-likeness (QED) is 0.726. The minimum atomic E-state index is -0.534. The smallest absolute Gasteiger partial charge is 0.310 e. The second-order valence-electron chi connectivity index (χ2n) is 4.91. The van der Waals surface area contributed by atoms with Gasteiger partial charge in [-0.05, 0) is 17.7 Å². The van der Waals surface area contributed by atoms with Crippen molar-refractivity contribution in [2.45, 2.75) is 6.42 Å². The Hall–Kier alpha value is -2.06. The molecule has 0 radical (unpaired) electrons. The number of imide groups is 1.